The van der Waals surface area contributed by atoms with Crippen LogP contribution in [0.5, 0.6) is 0 Å². The number of hydrogen-bond donors (Lipinski definition) is 0. The molecule has 1 aromatic rings. The van der Waals surface area contributed by atoms with Gasteiger partial charge in [-0.25, -0.2) is 8.60 Å². The van der Waals surface area contributed by atoms with Gasteiger partial charge in [-0.3, -0.25) is 0 Å². The van der Waals surface area contributed by atoms with E-state index < -0.39 is 42.2 Å². The zero-order valence-corrected chi connectivity index (χ0v) is 13.8. The van der Waals surface area contributed by atoms with E-state index in [0.717, 1.165) is 13.0 Å². The maximum atomic E-state index is 13.9. The molecule has 22 heavy (non-hydrogen) atoms. The lowest BCUT2D eigenvalue weighted by molar-refractivity contribution is 0.355. The molecule has 0 aromatic heterocycles. The van der Waals surface area contributed by atoms with Crippen LogP contribution >= 0.6 is 10.2 Å². The molecule has 0 saturated heterocycles. The maximum absolute atomic E-state index is 13.9. The summed E-state index contributed by atoms with van der Waals surface area (Å²) in [4.78, 5) is -2.60. The number of benzene rings is 1. The van der Waals surface area contributed by atoms with Gasteiger partial charge in [0, 0.05) is 5.56 Å². The Balaban J connectivity index is 3.49. The average Bonchev–Trinajstić information content (AvgIpc) is 2.24. The van der Waals surface area contributed by atoms with Gasteiger partial charge in [0.15, 0.2) is 5.82 Å². The van der Waals surface area contributed by atoms with E-state index in [4.69, 9.17) is 0 Å². The predicted molar refractivity (Wildman–Crippen MR) is 77.9 cm³/mol. The normalized spacial score (nSPS) is 18.5. The van der Waals surface area contributed by atoms with Crippen LogP contribution in [0.3, 0.4) is 0 Å². The van der Waals surface area contributed by atoms with Crippen LogP contribution in [0.25, 0.3) is 0 Å². The van der Waals surface area contributed by atoms with Gasteiger partial charge in [-0.15, -0.1) is 0 Å². The first-order valence-corrected chi connectivity index (χ1v) is 8.99. The van der Waals surface area contributed by atoms with Gasteiger partial charge in [0.25, 0.3) is 0 Å². The summed E-state index contributed by atoms with van der Waals surface area (Å²) in [6.45, 7) is 5.78. The van der Waals surface area contributed by atoms with Crippen molar-refractivity contribution in [2.75, 3.05) is 0 Å². The lowest BCUT2D eigenvalue weighted by Gasteiger charge is -2.40. The molecule has 10 heteroatoms. The van der Waals surface area contributed by atoms with Gasteiger partial charge in [0.2, 0.25) is 0 Å². The van der Waals surface area contributed by atoms with Crippen LogP contribution in [0.1, 0.15) is 33.3 Å². The van der Waals surface area contributed by atoms with Crippen LogP contribution in [-0.2, 0) is 11.0 Å². The van der Waals surface area contributed by atoms with Gasteiger partial charge in [0.05, 0.1) is 10.5 Å². The predicted octanol–water partition coefficient (Wildman–Crippen LogP) is 5.75. The maximum Gasteiger partial charge on any atom is 0.313 e. The summed E-state index contributed by atoms with van der Waals surface area (Å²) in [7, 11) is -12.0. The van der Waals surface area contributed by atoms with Gasteiger partial charge < -0.3 is 0 Å². The van der Waals surface area contributed by atoms with Crippen molar-refractivity contribution < 1.29 is 28.0 Å². The number of halogens is 6. The highest BCUT2D eigenvalue weighted by molar-refractivity contribution is 8.45. The zero-order valence-electron chi connectivity index (χ0n) is 12.2. The third kappa shape index (κ3) is 4.48. The molecule has 0 N–H and O–H groups in total. The number of nitrogens with zero attached hydrogens (tertiary/aromatic N) is 1. The second-order valence-corrected chi connectivity index (χ2v) is 9.91. The molecule has 1 aromatic carbocycles. The minimum absolute atomic E-state index is 0.0195. The fourth-order valence-corrected chi connectivity index (χ4v) is 2.80. The van der Waals surface area contributed by atoms with E-state index >= 15 is 0 Å². The Morgan fingerprint density at radius 3 is 2.05 bits per heavy atom. The van der Waals surface area contributed by atoms with E-state index in [2.05, 4.69) is 4.40 Å². The van der Waals surface area contributed by atoms with E-state index in [1.165, 1.54) is 0 Å². The first kappa shape index (κ1) is 19.0. The lowest BCUT2D eigenvalue weighted by Crippen LogP contribution is -2.21. The summed E-state index contributed by atoms with van der Waals surface area (Å²) >= 11 is 0. The van der Waals surface area contributed by atoms with Crippen LogP contribution in [0, 0.1) is 5.82 Å². The van der Waals surface area contributed by atoms with Crippen LogP contribution in [0.4, 0.5) is 23.8 Å². The summed E-state index contributed by atoms with van der Waals surface area (Å²) in [5.74, 6) is -2.12. The van der Waals surface area contributed by atoms with Crippen molar-refractivity contribution in [3.8, 4) is 0 Å². The molecule has 1 rings (SSSR count). The van der Waals surface area contributed by atoms with Gasteiger partial charge in [-0.1, -0.05) is 31.6 Å². The van der Waals surface area contributed by atoms with Crippen molar-refractivity contribution in [1.82, 2.24) is 0 Å². The van der Waals surface area contributed by atoms with Crippen LogP contribution in [-0.4, -0.2) is 14.7 Å². The second kappa shape index (κ2) is 4.73. The van der Waals surface area contributed by atoms with Crippen LogP contribution in [0.15, 0.2) is 27.5 Å². The van der Waals surface area contributed by atoms with E-state index in [1.807, 2.05) is 0 Å². The van der Waals surface area contributed by atoms with Gasteiger partial charge >= 0.3 is 10.2 Å². The standard InChI is InChI=1S/C12H15F6NOS2/c1-8(19-21(20)12(2,3)4)9-6-5-7-10(11(9)13)22(14,15,16,17)18/h5-7H,1-4H3/b19-8+/t21-/m1/s1. The fourth-order valence-electron chi connectivity index (χ4n) is 1.40. The molecule has 0 aliphatic carbocycles. The largest absolute Gasteiger partial charge is 0.313 e. The molecule has 0 bridgehead atoms. The van der Waals surface area contributed by atoms with Crippen LogP contribution in [0.2, 0.25) is 0 Å². The highest BCUT2D eigenvalue weighted by Crippen LogP contribution is 3.02. The van der Waals surface area contributed by atoms with Crippen molar-refractivity contribution >= 4 is 26.9 Å². The van der Waals surface area contributed by atoms with Crippen molar-refractivity contribution in [3.63, 3.8) is 0 Å². The molecule has 0 aliphatic rings. The second-order valence-electron chi connectivity index (χ2n) is 5.62. The summed E-state index contributed by atoms with van der Waals surface area (Å²) in [5, 5.41) is 0. The van der Waals surface area contributed by atoms with E-state index in [0.29, 0.717) is 6.07 Å². The topological polar surface area (TPSA) is 29.4 Å². The molecule has 0 unspecified atom stereocenters. The van der Waals surface area contributed by atoms with Crippen molar-refractivity contribution in [2.45, 2.75) is 37.3 Å². The number of hydrogen-bond acceptors (Lipinski definition) is 1. The van der Waals surface area contributed by atoms with Crippen molar-refractivity contribution in [3.05, 3.63) is 29.6 Å². The molecule has 0 aliphatic heterocycles. The van der Waals surface area contributed by atoms with E-state index in [9.17, 15) is 28.0 Å². The molecule has 0 saturated carbocycles. The summed E-state index contributed by atoms with van der Waals surface area (Å²) in [6, 6.07) is 1.51. The van der Waals surface area contributed by atoms with Gasteiger partial charge in [-0.2, -0.15) is 4.40 Å². The Morgan fingerprint density at radius 1 is 1.14 bits per heavy atom. The minimum atomic E-state index is -10.2. The zero-order chi connectivity index (χ0) is 17.6. The number of rotatable bonds is 3. The lowest BCUT2D eigenvalue weighted by atomic mass is 10.1. The Kier molecular flexibility index (Phi) is 4.09. The van der Waals surface area contributed by atoms with E-state index in [-0.39, 0.29) is 11.8 Å². The molecule has 0 radical (unpaired) electrons. The van der Waals surface area contributed by atoms with Crippen molar-refractivity contribution in [2.24, 2.45) is 4.40 Å². The molecule has 0 spiro atoms. The summed E-state index contributed by atoms with van der Waals surface area (Å²) in [5.41, 5.74) is -1.11. The monoisotopic (exact) mass is 367 g/mol. The molecule has 128 valence electrons. The minimum Gasteiger partial charge on any atom is -0.234 e. The first-order valence-electron chi connectivity index (χ1n) is 5.94. The van der Waals surface area contributed by atoms with Gasteiger partial charge in [0.1, 0.15) is 15.9 Å². The SMILES string of the molecule is C/C(=N\[S@](=O)C(C)(C)C)c1cccc(S(F)(F)(F)(F)F)c1F. The first-order chi connectivity index (χ1) is 9.43. The Bertz CT molecular complexity index is 661. The smallest absolute Gasteiger partial charge is 0.234 e. The average molecular weight is 367 g/mol. The Morgan fingerprint density at radius 2 is 1.64 bits per heavy atom. The third-order valence-electron chi connectivity index (χ3n) is 2.51. The fraction of sp³-hybridized carbons (Fsp3) is 0.417. The quantitative estimate of drug-likeness (QED) is 0.494. The summed E-state index contributed by atoms with van der Waals surface area (Å²) < 4.78 is 92.3. The molecule has 0 amide bonds. The molecular formula is C12H15F6NOS2. The highest BCUT2D eigenvalue weighted by Gasteiger charge is 2.67. The van der Waals surface area contributed by atoms with Gasteiger partial charge in [-0.05, 0) is 33.8 Å². The van der Waals surface area contributed by atoms with E-state index in [1.54, 1.807) is 20.8 Å². The molecular weight excluding hydrogens is 352 g/mol. The third-order valence-corrected chi connectivity index (χ3v) is 5.15. The summed E-state index contributed by atoms with van der Waals surface area (Å²) in [6.07, 6.45) is 0. The Hall–Kier alpha value is -1.03. The molecule has 2 nitrogen and oxygen atoms in total. The highest BCUT2D eigenvalue weighted by atomic mass is 32.5. The Labute approximate surface area is 126 Å². The van der Waals surface area contributed by atoms with Crippen molar-refractivity contribution in [1.29, 1.82) is 0 Å². The van der Waals surface area contributed by atoms with Crippen LogP contribution < -0.4 is 0 Å². The molecule has 1 atom stereocenters. The molecule has 0 fully saturated rings. The molecule has 0 heterocycles.